The third-order valence-corrected chi connectivity index (χ3v) is 4.65. The molecule has 122 valence electrons. The van der Waals surface area contributed by atoms with Crippen LogP contribution in [-0.4, -0.2) is 40.8 Å². The lowest BCUT2D eigenvalue weighted by Gasteiger charge is -2.58. The lowest BCUT2D eigenvalue weighted by Crippen LogP contribution is -2.76. The topological polar surface area (TPSA) is 102 Å². The molecule has 1 aliphatic rings. The van der Waals surface area contributed by atoms with Crippen molar-refractivity contribution < 1.29 is 19.4 Å². The Labute approximate surface area is 126 Å². The van der Waals surface area contributed by atoms with Crippen LogP contribution < -0.4 is 11.1 Å². The molecular formula is C15H28N2O4. The van der Waals surface area contributed by atoms with Crippen LogP contribution >= 0.6 is 0 Å². The summed E-state index contributed by atoms with van der Waals surface area (Å²) in [6.45, 7) is 9.99. The summed E-state index contributed by atoms with van der Waals surface area (Å²) in [6, 6.07) is 0. The first-order valence-electron chi connectivity index (χ1n) is 7.41. The molecule has 0 spiro atoms. The van der Waals surface area contributed by atoms with Gasteiger partial charge in [-0.05, 0) is 27.2 Å². The smallest absolute Gasteiger partial charge is 0.303 e. The zero-order valence-electron chi connectivity index (χ0n) is 13.7. The fraction of sp³-hybridized carbons (Fsp3) is 0.867. The second-order valence-corrected chi connectivity index (χ2v) is 7.07. The lowest BCUT2D eigenvalue weighted by molar-refractivity contribution is -0.172. The van der Waals surface area contributed by atoms with Crippen LogP contribution in [-0.2, 0) is 14.3 Å². The number of carbonyl (C=O) groups excluding carboxylic acids is 1. The van der Waals surface area contributed by atoms with Crippen molar-refractivity contribution in [3.8, 4) is 0 Å². The molecule has 0 saturated heterocycles. The van der Waals surface area contributed by atoms with Crippen LogP contribution in [0.25, 0.3) is 0 Å². The van der Waals surface area contributed by atoms with Gasteiger partial charge in [-0.3, -0.25) is 9.59 Å². The number of hydrogen-bond donors (Lipinski definition) is 3. The van der Waals surface area contributed by atoms with Gasteiger partial charge in [0.05, 0.1) is 6.10 Å². The number of aliphatic carboxylic acids is 1. The molecule has 0 aromatic heterocycles. The van der Waals surface area contributed by atoms with Gasteiger partial charge in [0.2, 0.25) is 5.91 Å². The highest BCUT2D eigenvalue weighted by atomic mass is 16.5. The minimum atomic E-state index is -0.979. The van der Waals surface area contributed by atoms with Crippen LogP contribution in [0.5, 0.6) is 0 Å². The first-order valence-corrected chi connectivity index (χ1v) is 7.41. The molecule has 6 heteroatoms. The largest absolute Gasteiger partial charge is 0.481 e. The van der Waals surface area contributed by atoms with Crippen LogP contribution in [0.1, 0.15) is 53.9 Å². The molecule has 6 nitrogen and oxygen atoms in total. The first-order chi connectivity index (χ1) is 9.46. The Kier molecular flexibility index (Phi) is 5.05. The molecule has 0 aromatic rings. The second kappa shape index (κ2) is 5.93. The van der Waals surface area contributed by atoms with E-state index in [1.165, 1.54) is 0 Å². The first kappa shape index (κ1) is 17.9. The third-order valence-electron chi connectivity index (χ3n) is 4.65. The predicted octanol–water partition coefficient (Wildman–Crippen LogP) is 1.28. The molecule has 0 heterocycles. The molecule has 1 amide bonds. The van der Waals surface area contributed by atoms with E-state index in [2.05, 4.69) is 5.32 Å². The number of carboxylic acids is 1. The molecule has 1 aliphatic carbocycles. The van der Waals surface area contributed by atoms with E-state index in [0.29, 0.717) is 19.4 Å². The van der Waals surface area contributed by atoms with Crippen LogP contribution in [0, 0.1) is 5.41 Å². The molecule has 0 aromatic carbocycles. The number of ether oxygens (including phenoxy) is 1. The number of carboxylic acid groups (broad SMARTS) is 1. The van der Waals surface area contributed by atoms with Crippen molar-refractivity contribution in [2.24, 2.45) is 11.1 Å². The minimum Gasteiger partial charge on any atom is -0.481 e. The number of nitrogens with one attached hydrogen (secondary N) is 1. The molecule has 0 aliphatic heterocycles. The summed E-state index contributed by atoms with van der Waals surface area (Å²) in [5.74, 6) is -1.11. The normalized spacial score (nSPS) is 27.8. The van der Waals surface area contributed by atoms with Crippen molar-refractivity contribution in [3.63, 3.8) is 0 Å². The van der Waals surface area contributed by atoms with E-state index in [-0.39, 0.29) is 18.4 Å². The molecule has 1 rings (SSSR count). The highest BCUT2D eigenvalue weighted by molar-refractivity contribution is 5.89. The number of hydrogen-bond acceptors (Lipinski definition) is 4. The average molecular weight is 300 g/mol. The summed E-state index contributed by atoms with van der Waals surface area (Å²) >= 11 is 0. The number of carbonyl (C=O) groups is 2. The fourth-order valence-electron chi connectivity index (χ4n) is 2.72. The van der Waals surface area contributed by atoms with Crippen molar-refractivity contribution in [1.82, 2.24) is 5.32 Å². The summed E-state index contributed by atoms with van der Waals surface area (Å²) in [7, 11) is 0. The van der Waals surface area contributed by atoms with Gasteiger partial charge in [0.25, 0.3) is 0 Å². The fourth-order valence-corrected chi connectivity index (χ4v) is 2.72. The van der Waals surface area contributed by atoms with Gasteiger partial charge in [-0.15, -0.1) is 0 Å². The van der Waals surface area contributed by atoms with Crippen molar-refractivity contribution in [1.29, 1.82) is 0 Å². The molecule has 1 saturated carbocycles. The van der Waals surface area contributed by atoms with Crippen LogP contribution in [0.3, 0.4) is 0 Å². The Morgan fingerprint density at radius 2 is 2.00 bits per heavy atom. The van der Waals surface area contributed by atoms with E-state index in [1.807, 2.05) is 34.6 Å². The van der Waals surface area contributed by atoms with E-state index in [9.17, 15) is 9.59 Å². The lowest BCUT2D eigenvalue weighted by atomic mass is 9.54. The van der Waals surface area contributed by atoms with Gasteiger partial charge >= 0.3 is 5.97 Å². The highest BCUT2D eigenvalue weighted by Crippen LogP contribution is 2.50. The molecule has 1 fully saturated rings. The maximum absolute atomic E-state index is 12.5. The Morgan fingerprint density at radius 3 is 2.43 bits per heavy atom. The molecule has 0 radical (unpaired) electrons. The molecule has 0 bridgehead atoms. The monoisotopic (exact) mass is 300 g/mol. The Morgan fingerprint density at radius 1 is 1.43 bits per heavy atom. The zero-order chi connectivity index (χ0) is 16.5. The number of amides is 1. The van der Waals surface area contributed by atoms with Crippen LogP contribution in [0.15, 0.2) is 0 Å². The van der Waals surface area contributed by atoms with Gasteiger partial charge < -0.3 is 20.9 Å². The summed E-state index contributed by atoms with van der Waals surface area (Å²) in [6.07, 6.45) is 0.824. The van der Waals surface area contributed by atoms with Crippen molar-refractivity contribution >= 4 is 11.9 Å². The van der Waals surface area contributed by atoms with E-state index < -0.39 is 22.5 Å². The molecule has 2 atom stereocenters. The Hall–Kier alpha value is -1.14. The minimum absolute atomic E-state index is 0.00974. The van der Waals surface area contributed by atoms with Crippen LogP contribution in [0.4, 0.5) is 0 Å². The molecule has 4 N–H and O–H groups in total. The molecule has 21 heavy (non-hydrogen) atoms. The maximum atomic E-state index is 12.5. The van der Waals surface area contributed by atoms with Gasteiger partial charge in [-0.1, -0.05) is 13.8 Å². The van der Waals surface area contributed by atoms with E-state index >= 15 is 0 Å². The summed E-state index contributed by atoms with van der Waals surface area (Å²) in [5, 5.41) is 11.6. The molecular weight excluding hydrogens is 272 g/mol. The van der Waals surface area contributed by atoms with Gasteiger partial charge in [0.15, 0.2) is 0 Å². The van der Waals surface area contributed by atoms with E-state index in [1.54, 1.807) is 0 Å². The van der Waals surface area contributed by atoms with E-state index in [4.69, 9.17) is 15.6 Å². The quantitative estimate of drug-likeness (QED) is 0.657. The maximum Gasteiger partial charge on any atom is 0.303 e. The Balaban J connectivity index is 2.69. The summed E-state index contributed by atoms with van der Waals surface area (Å²) in [4.78, 5) is 23.2. The zero-order valence-corrected chi connectivity index (χ0v) is 13.7. The number of nitrogens with two attached hydrogens (primary N) is 1. The number of rotatable bonds is 7. The highest BCUT2D eigenvalue weighted by Gasteiger charge is 2.63. The predicted molar refractivity (Wildman–Crippen MR) is 79.8 cm³/mol. The van der Waals surface area contributed by atoms with Gasteiger partial charge in [-0.25, -0.2) is 0 Å². The average Bonchev–Trinajstić information content (AvgIpc) is 2.35. The second-order valence-electron chi connectivity index (χ2n) is 7.07. The van der Waals surface area contributed by atoms with Crippen molar-refractivity contribution in [2.45, 2.75) is 71.1 Å². The summed E-state index contributed by atoms with van der Waals surface area (Å²) < 4.78 is 5.61. The van der Waals surface area contributed by atoms with Crippen molar-refractivity contribution in [2.75, 3.05) is 6.61 Å². The SMILES string of the molecule is CCOC1CC(N)(C(=O)NC(C)(C)CCC(=O)O)C1(C)C. The van der Waals surface area contributed by atoms with Crippen molar-refractivity contribution in [3.05, 3.63) is 0 Å². The van der Waals surface area contributed by atoms with E-state index in [0.717, 1.165) is 0 Å². The van der Waals surface area contributed by atoms with Gasteiger partial charge in [-0.2, -0.15) is 0 Å². The Bertz CT molecular complexity index is 420. The van der Waals surface area contributed by atoms with Crippen LogP contribution in [0.2, 0.25) is 0 Å². The summed E-state index contributed by atoms with van der Waals surface area (Å²) in [5.41, 5.74) is 4.27. The van der Waals surface area contributed by atoms with Gasteiger partial charge in [0.1, 0.15) is 5.54 Å². The standard InChI is InChI=1S/C15H28N2O4/c1-6-21-10-9-15(16,14(10,4)5)12(20)17-13(2,3)8-7-11(18)19/h10H,6-9,16H2,1-5H3,(H,17,20)(H,18,19). The molecule has 2 unspecified atom stereocenters. The van der Waals surface area contributed by atoms with Gasteiger partial charge in [0, 0.05) is 30.4 Å². The third kappa shape index (κ3) is 3.55.